The van der Waals surface area contributed by atoms with Crippen molar-refractivity contribution in [3.63, 3.8) is 0 Å². The predicted molar refractivity (Wildman–Crippen MR) is 130 cm³/mol. The number of nitrogens with zero attached hydrogens (tertiary/aromatic N) is 2. The van der Waals surface area contributed by atoms with Gasteiger partial charge in [0.05, 0.1) is 18.0 Å². The molecular formula is C26H38N2O5S. The molecule has 0 spiro atoms. The van der Waals surface area contributed by atoms with E-state index < -0.39 is 15.6 Å². The predicted octanol–water partition coefficient (Wildman–Crippen LogP) is 3.14. The first-order valence-corrected chi connectivity index (χ1v) is 14.5. The van der Waals surface area contributed by atoms with E-state index in [2.05, 4.69) is 0 Å². The Labute approximate surface area is 203 Å². The normalized spacial score (nSPS) is 33.7. The van der Waals surface area contributed by atoms with Crippen LogP contribution in [0.5, 0.6) is 5.75 Å². The molecule has 0 radical (unpaired) electrons. The quantitative estimate of drug-likeness (QED) is 0.635. The summed E-state index contributed by atoms with van der Waals surface area (Å²) in [4.78, 5) is 15.2. The van der Waals surface area contributed by atoms with Gasteiger partial charge < -0.3 is 14.7 Å². The summed E-state index contributed by atoms with van der Waals surface area (Å²) in [6.45, 7) is 3.36. The zero-order valence-corrected chi connectivity index (χ0v) is 21.2. The van der Waals surface area contributed by atoms with Gasteiger partial charge in [0.25, 0.3) is 5.91 Å². The molecular weight excluding hydrogens is 452 g/mol. The molecule has 5 fully saturated rings. The molecule has 5 aliphatic rings. The smallest absolute Gasteiger partial charge is 0.253 e. The average molecular weight is 491 g/mol. The van der Waals surface area contributed by atoms with Crippen molar-refractivity contribution >= 4 is 15.9 Å². The van der Waals surface area contributed by atoms with Crippen molar-refractivity contribution in [3.05, 3.63) is 29.8 Å². The first-order valence-electron chi connectivity index (χ1n) is 12.9. The summed E-state index contributed by atoms with van der Waals surface area (Å²) in [6.07, 6.45) is 6.49. The van der Waals surface area contributed by atoms with E-state index >= 15 is 0 Å². The van der Waals surface area contributed by atoms with Crippen LogP contribution in [0.1, 0.15) is 62.2 Å². The van der Waals surface area contributed by atoms with Gasteiger partial charge in [-0.3, -0.25) is 4.79 Å². The lowest BCUT2D eigenvalue weighted by Gasteiger charge is -2.59. The fourth-order valence-electron chi connectivity index (χ4n) is 7.37. The molecule has 4 saturated carbocycles. The largest absolute Gasteiger partial charge is 0.493 e. The van der Waals surface area contributed by atoms with E-state index in [1.165, 1.54) is 0 Å². The summed E-state index contributed by atoms with van der Waals surface area (Å²) in [5.74, 6) is 2.71. The van der Waals surface area contributed by atoms with Gasteiger partial charge in [-0.05, 0) is 99.8 Å². The van der Waals surface area contributed by atoms with Gasteiger partial charge in [-0.25, -0.2) is 12.7 Å². The van der Waals surface area contributed by atoms with Crippen molar-refractivity contribution in [1.82, 2.24) is 9.21 Å². The second kappa shape index (κ2) is 9.10. The molecule has 2 unspecified atom stereocenters. The molecule has 2 atom stereocenters. The first-order chi connectivity index (χ1) is 16.2. The Bertz CT molecular complexity index is 987. The standard InChI is InChI=1S/C26H38N2O5S/c1-3-34(31,32)28-10-8-18(9-11-28)17-33-23-6-4-20(5-7-23)25(29)27(2)24-21-12-19-13-22(24)16-26(30,14-19)15-21/h4-7,18-19,21-22,24,30H,3,8-17H2,1-2H3. The van der Waals surface area contributed by atoms with Crippen LogP contribution < -0.4 is 4.74 Å². The molecule has 1 aromatic rings. The van der Waals surface area contributed by atoms with Crippen LogP contribution in [0.15, 0.2) is 24.3 Å². The summed E-state index contributed by atoms with van der Waals surface area (Å²) in [7, 11) is -1.18. The number of hydrogen-bond donors (Lipinski definition) is 1. The van der Waals surface area contributed by atoms with E-state index in [0.29, 0.717) is 48.9 Å². The Balaban J connectivity index is 1.14. The number of sulfonamides is 1. The zero-order valence-electron chi connectivity index (χ0n) is 20.4. The highest BCUT2D eigenvalue weighted by molar-refractivity contribution is 7.89. The lowest BCUT2D eigenvalue weighted by molar-refractivity contribution is -0.152. The van der Waals surface area contributed by atoms with Gasteiger partial charge in [0.1, 0.15) is 5.75 Å². The van der Waals surface area contributed by atoms with Gasteiger partial charge in [-0.1, -0.05) is 0 Å². The van der Waals surface area contributed by atoms with E-state index in [-0.39, 0.29) is 17.7 Å². The number of ether oxygens (including phenoxy) is 1. The molecule has 1 N–H and O–H groups in total. The van der Waals surface area contributed by atoms with Crippen LogP contribution in [0, 0.1) is 23.7 Å². The molecule has 188 valence electrons. The van der Waals surface area contributed by atoms with Gasteiger partial charge in [0.15, 0.2) is 0 Å². The summed E-state index contributed by atoms with van der Waals surface area (Å²) in [6, 6.07) is 7.62. The fourth-order valence-corrected chi connectivity index (χ4v) is 8.50. The molecule has 1 aliphatic heterocycles. The average Bonchev–Trinajstić information content (AvgIpc) is 2.81. The Morgan fingerprint density at radius 3 is 2.29 bits per heavy atom. The summed E-state index contributed by atoms with van der Waals surface area (Å²) in [5, 5.41) is 10.8. The van der Waals surface area contributed by atoms with E-state index in [0.717, 1.165) is 50.7 Å². The number of piperidine rings is 1. The maximum Gasteiger partial charge on any atom is 0.253 e. The van der Waals surface area contributed by atoms with Gasteiger partial charge >= 0.3 is 0 Å². The number of carbonyl (C=O) groups excluding carboxylic acids is 1. The van der Waals surface area contributed by atoms with E-state index in [1.807, 2.05) is 36.2 Å². The van der Waals surface area contributed by atoms with Crippen molar-refractivity contribution < 1.29 is 23.1 Å². The Morgan fingerprint density at radius 1 is 1.12 bits per heavy atom. The van der Waals surface area contributed by atoms with Crippen molar-refractivity contribution in [2.75, 3.05) is 32.5 Å². The second-order valence-corrected chi connectivity index (χ2v) is 13.4. The minimum absolute atomic E-state index is 0.0421. The third kappa shape index (κ3) is 4.61. The third-order valence-electron chi connectivity index (χ3n) is 8.88. The topological polar surface area (TPSA) is 87.2 Å². The Hall–Kier alpha value is -1.64. The monoisotopic (exact) mass is 490 g/mol. The van der Waals surface area contributed by atoms with E-state index in [4.69, 9.17) is 4.74 Å². The Morgan fingerprint density at radius 2 is 1.74 bits per heavy atom. The first kappa shape index (κ1) is 24.1. The van der Waals surface area contributed by atoms with Crippen LogP contribution in [-0.2, 0) is 10.0 Å². The van der Waals surface area contributed by atoms with Crippen LogP contribution in [0.4, 0.5) is 0 Å². The maximum absolute atomic E-state index is 13.3. The van der Waals surface area contributed by atoms with Crippen LogP contribution in [0.2, 0.25) is 0 Å². The van der Waals surface area contributed by atoms with Gasteiger partial charge in [-0.15, -0.1) is 0 Å². The van der Waals surface area contributed by atoms with Crippen LogP contribution in [0.25, 0.3) is 0 Å². The van der Waals surface area contributed by atoms with Crippen molar-refractivity contribution in [2.24, 2.45) is 23.7 Å². The summed E-state index contributed by atoms with van der Waals surface area (Å²) in [5.41, 5.74) is 0.178. The molecule has 1 aromatic carbocycles. The Kier molecular flexibility index (Phi) is 6.44. The lowest BCUT2D eigenvalue weighted by Crippen LogP contribution is -2.61. The molecule has 4 bridgehead atoms. The number of rotatable bonds is 7. The summed E-state index contributed by atoms with van der Waals surface area (Å²) >= 11 is 0. The number of carbonyl (C=O) groups is 1. The van der Waals surface area contributed by atoms with Gasteiger partial charge in [-0.2, -0.15) is 0 Å². The number of benzene rings is 1. The van der Waals surface area contributed by atoms with Crippen LogP contribution >= 0.6 is 0 Å². The number of hydrogen-bond acceptors (Lipinski definition) is 5. The van der Waals surface area contributed by atoms with Crippen LogP contribution in [-0.4, -0.2) is 72.8 Å². The maximum atomic E-state index is 13.3. The minimum Gasteiger partial charge on any atom is -0.493 e. The highest BCUT2D eigenvalue weighted by Crippen LogP contribution is 2.56. The number of aliphatic hydroxyl groups is 1. The fraction of sp³-hybridized carbons (Fsp3) is 0.731. The molecule has 1 amide bonds. The van der Waals surface area contributed by atoms with Gasteiger partial charge in [0, 0.05) is 31.7 Å². The molecule has 1 saturated heterocycles. The second-order valence-electron chi connectivity index (χ2n) is 11.2. The molecule has 4 aliphatic carbocycles. The molecule has 34 heavy (non-hydrogen) atoms. The van der Waals surface area contributed by atoms with Gasteiger partial charge in [0.2, 0.25) is 10.0 Å². The SMILES string of the molecule is CCS(=O)(=O)N1CCC(COc2ccc(C(=O)N(C)C3C4CC5CC3CC(O)(C5)C4)cc2)CC1. The molecule has 1 heterocycles. The molecule has 0 aromatic heterocycles. The molecule has 7 nitrogen and oxygen atoms in total. The van der Waals surface area contributed by atoms with E-state index in [1.54, 1.807) is 11.2 Å². The highest BCUT2D eigenvalue weighted by Gasteiger charge is 2.56. The minimum atomic E-state index is -3.10. The van der Waals surface area contributed by atoms with E-state index in [9.17, 15) is 18.3 Å². The zero-order chi connectivity index (χ0) is 24.1. The molecule has 6 rings (SSSR count). The van der Waals surface area contributed by atoms with Crippen molar-refractivity contribution in [2.45, 2.75) is 63.5 Å². The lowest BCUT2D eigenvalue weighted by atomic mass is 9.52. The highest BCUT2D eigenvalue weighted by atomic mass is 32.2. The van der Waals surface area contributed by atoms with Crippen molar-refractivity contribution in [3.8, 4) is 5.75 Å². The van der Waals surface area contributed by atoms with Crippen LogP contribution in [0.3, 0.4) is 0 Å². The van der Waals surface area contributed by atoms with Crippen molar-refractivity contribution in [1.29, 1.82) is 0 Å². The number of amides is 1. The summed E-state index contributed by atoms with van der Waals surface area (Å²) < 4.78 is 31.6. The third-order valence-corrected chi connectivity index (χ3v) is 10.8. The molecule has 8 heteroatoms.